The SMILES string of the molecule is CN(CCCCCC(=O)O)CC(=O)NCCc1ccccc1. The fourth-order valence-electron chi connectivity index (χ4n) is 2.21. The molecule has 0 atom stereocenters. The van der Waals surface area contributed by atoms with E-state index in [0.717, 1.165) is 25.8 Å². The van der Waals surface area contributed by atoms with E-state index >= 15 is 0 Å². The van der Waals surface area contributed by atoms with Crippen molar-refractivity contribution in [1.29, 1.82) is 0 Å². The third kappa shape index (κ3) is 9.13. The second-order valence-corrected chi connectivity index (χ2v) is 5.53. The summed E-state index contributed by atoms with van der Waals surface area (Å²) < 4.78 is 0. The molecule has 1 amide bonds. The first-order chi connectivity index (χ1) is 10.6. The number of carboxylic acid groups (broad SMARTS) is 1. The quantitative estimate of drug-likeness (QED) is 0.613. The van der Waals surface area contributed by atoms with Crippen LogP contribution in [0.5, 0.6) is 0 Å². The Balaban J connectivity index is 2.05. The second-order valence-electron chi connectivity index (χ2n) is 5.53. The van der Waals surface area contributed by atoms with Crippen LogP contribution in [0.3, 0.4) is 0 Å². The van der Waals surface area contributed by atoms with Crippen molar-refractivity contribution in [2.75, 3.05) is 26.7 Å². The van der Waals surface area contributed by atoms with Crippen LogP contribution in [-0.2, 0) is 16.0 Å². The van der Waals surface area contributed by atoms with Crippen LogP contribution in [0.4, 0.5) is 0 Å². The average Bonchev–Trinajstić information content (AvgIpc) is 2.47. The maximum Gasteiger partial charge on any atom is 0.303 e. The van der Waals surface area contributed by atoms with E-state index in [4.69, 9.17) is 5.11 Å². The molecule has 0 unspecified atom stereocenters. The van der Waals surface area contributed by atoms with Crippen LogP contribution in [0.15, 0.2) is 30.3 Å². The Bertz CT molecular complexity index is 448. The Hall–Kier alpha value is -1.88. The molecule has 0 aliphatic rings. The van der Waals surface area contributed by atoms with E-state index in [1.54, 1.807) is 0 Å². The van der Waals surface area contributed by atoms with Gasteiger partial charge in [0.1, 0.15) is 0 Å². The smallest absolute Gasteiger partial charge is 0.303 e. The Kier molecular flexibility index (Phi) is 8.91. The molecule has 0 saturated heterocycles. The van der Waals surface area contributed by atoms with Crippen molar-refractivity contribution in [1.82, 2.24) is 10.2 Å². The van der Waals surface area contributed by atoms with Gasteiger partial charge in [-0.05, 0) is 38.4 Å². The summed E-state index contributed by atoms with van der Waals surface area (Å²) in [6.07, 6.45) is 3.56. The van der Waals surface area contributed by atoms with Crippen molar-refractivity contribution in [3.05, 3.63) is 35.9 Å². The van der Waals surface area contributed by atoms with Crippen molar-refractivity contribution < 1.29 is 14.7 Å². The van der Waals surface area contributed by atoms with Crippen LogP contribution in [0, 0.1) is 0 Å². The van der Waals surface area contributed by atoms with Crippen molar-refractivity contribution in [3.63, 3.8) is 0 Å². The second kappa shape index (κ2) is 10.8. The van der Waals surface area contributed by atoms with E-state index in [1.807, 2.05) is 30.1 Å². The molecule has 0 saturated carbocycles. The number of likely N-dealkylation sites (N-methyl/N-ethyl adjacent to an activating group) is 1. The van der Waals surface area contributed by atoms with Gasteiger partial charge in [-0.25, -0.2) is 0 Å². The van der Waals surface area contributed by atoms with Gasteiger partial charge in [-0.3, -0.25) is 14.5 Å². The molecule has 0 spiro atoms. The molecular formula is C17H26N2O3. The van der Waals surface area contributed by atoms with Gasteiger partial charge in [-0.1, -0.05) is 36.8 Å². The molecule has 0 aliphatic heterocycles. The summed E-state index contributed by atoms with van der Waals surface area (Å²) in [5.74, 6) is -0.713. The summed E-state index contributed by atoms with van der Waals surface area (Å²) in [5.41, 5.74) is 1.22. The minimum atomic E-state index is -0.744. The van der Waals surface area contributed by atoms with Gasteiger partial charge in [0.15, 0.2) is 0 Å². The molecule has 1 aromatic rings. The van der Waals surface area contributed by atoms with Crippen LogP contribution in [-0.4, -0.2) is 48.6 Å². The Labute approximate surface area is 132 Å². The molecule has 0 aliphatic carbocycles. The largest absolute Gasteiger partial charge is 0.481 e. The zero-order chi connectivity index (χ0) is 16.2. The number of benzene rings is 1. The summed E-state index contributed by atoms with van der Waals surface area (Å²) in [5, 5.41) is 11.5. The van der Waals surface area contributed by atoms with Crippen molar-refractivity contribution in [2.24, 2.45) is 0 Å². The molecule has 0 aromatic heterocycles. The van der Waals surface area contributed by atoms with Gasteiger partial charge in [-0.2, -0.15) is 0 Å². The number of amides is 1. The molecule has 0 radical (unpaired) electrons. The molecule has 1 aromatic carbocycles. The summed E-state index contributed by atoms with van der Waals surface area (Å²) >= 11 is 0. The van der Waals surface area contributed by atoms with Gasteiger partial charge in [0.25, 0.3) is 0 Å². The number of carboxylic acids is 1. The van der Waals surface area contributed by atoms with Gasteiger partial charge in [-0.15, -0.1) is 0 Å². The fourth-order valence-corrected chi connectivity index (χ4v) is 2.21. The first-order valence-corrected chi connectivity index (χ1v) is 7.79. The van der Waals surface area contributed by atoms with E-state index in [-0.39, 0.29) is 12.3 Å². The summed E-state index contributed by atoms with van der Waals surface area (Å²) in [6.45, 7) is 1.84. The number of hydrogen-bond acceptors (Lipinski definition) is 3. The highest BCUT2D eigenvalue weighted by atomic mass is 16.4. The maximum atomic E-state index is 11.8. The Morgan fingerprint density at radius 2 is 1.86 bits per heavy atom. The van der Waals surface area contributed by atoms with Gasteiger partial charge in [0.05, 0.1) is 6.54 Å². The monoisotopic (exact) mass is 306 g/mol. The van der Waals surface area contributed by atoms with Crippen LogP contribution in [0.2, 0.25) is 0 Å². The van der Waals surface area contributed by atoms with Crippen molar-refractivity contribution in [3.8, 4) is 0 Å². The van der Waals surface area contributed by atoms with E-state index in [1.165, 1.54) is 5.56 Å². The summed E-state index contributed by atoms with van der Waals surface area (Å²) in [7, 11) is 1.91. The Morgan fingerprint density at radius 3 is 2.55 bits per heavy atom. The first kappa shape index (κ1) is 18.2. The number of carbonyl (C=O) groups excluding carboxylic acids is 1. The van der Waals surface area contributed by atoms with E-state index in [9.17, 15) is 9.59 Å². The molecule has 0 heterocycles. The minimum absolute atomic E-state index is 0.0315. The molecular weight excluding hydrogens is 280 g/mol. The van der Waals surface area contributed by atoms with Crippen molar-refractivity contribution >= 4 is 11.9 Å². The lowest BCUT2D eigenvalue weighted by Gasteiger charge is -2.16. The number of nitrogens with zero attached hydrogens (tertiary/aromatic N) is 1. The van der Waals surface area contributed by atoms with Crippen LogP contribution < -0.4 is 5.32 Å². The van der Waals surface area contributed by atoms with E-state index in [2.05, 4.69) is 17.4 Å². The predicted octanol–water partition coefficient (Wildman–Crippen LogP) is 1.92. The third-order valence-electron chi connectivity index (χ3n) is 3.42. The topological polar surface area (TPSA) is 69.6 Å². The average molecular weight is 306 g/mol. The zero-order valence-electron chi connectivity index (χ0n) is 13.3. The van der Waals surface area contributed by atoms with E-state index in [0.29, 0.717) is 19.5 Å². The number of carbonyl (C=O) groups is 2. The number of aliphatic carboxylic acids is 1. The summed E-state index contributed by atoms with van der Waals surface area (Å²) in [6, 6.07) is 10.1. The first-order valence-electron chi connectivity index (χ1n) is 7.79. The normalized spacial score (nSPS) is 10.6. The molecule has 5 nitrogen and oxygen atoms in total. The highest BCUT2D eigenvalue weighted by molar-refractivity contribution is 5.77. The Morgan fingerprint density at radius 1 is 1.14 bits per heavy atom. The molecule has 22 heavy (non-hydrogen) atoms. The zero-order valence-corrected chi connectivity index (χ0v) is 13.3. The van der Waals surface area contributed by atoms with Gasteiger partial charge < -0.3 is 10.4 Å². The number of rotatable bonds is 11. The molecule has 5 heteroatoms. The number of hydrogen-bond donors (Lipinski definition) is 2. The molecule has 122 valence electrons. The standard InChI is InChI=1S/C17H26N2O3/c1-19(13-7-3-6-10-17(21)22)14-16(20)18-12-11-15-8-4-2-5-9-15/h2,4-5,8-9H,3,6-7,10-14H2,1H3,(H,18,20)(H,21,22). The van der Waals surface area contributed by atoms with Crippen LogP contribution in [0.25, 0.3) is 0 Å². The number of nitrogens with one attached hydrogen (secondary N) is 1. The van der Waals surface area contributed by atoms with Crippen LogP contribution >= 0.6 is 0 Å². The van der Waals surface area contributed by atoms with E-state index < -0.39 is 5.97 Å². The molecule has 0 fully saturated rings. The lowest BCUT2D eigenvalue weighted by molar-refractivity contribution is -0.137. The highest BCUT2D eigenvalue weighted by Crippen LogP contribution is 2.01. The lowest BCUT2D eigenvalue weighted by atomic mass is 10.1. The minimum Gasteiger partial charge on any atom is -0.481 e. The molecule has 1 rings (SSSR count). The maximum absolute atomic E-state index is 11.8. The highest BCUT2D eigenvalue weighted by Gasteiger charge is 2.06. The summed E-state index contributed by atoms with van der Waals surface area (Å²) in [4.78, 5) is 24.1. The third-order valence-corrected chi connectivity index (χ3v) is 3.42. The fraction of sp³-hybridized carbons (Fsp3) is 0.529. The van der Waals surface area contributed by atoms with Crippen LogP contribution in [0.1, 0.15) is 31.2 Å². The van der Waals surface area contributed by atoms with Crippen molar-refractivity contribution in [2.45, 2.75) is 32.1 Å². The molecule has 2 N–H and O–H groups in total. The molecule has 0 bridgehead atoms. The van der Waals surface area contributed by atoms with Gasteiger partial charge in [0.2, 0.25) is 5.91 Å². The number of unbranched alkanes of at least 4 members (excludes halogenated alkanes) is 2. The predicted molar refractivity (Wildman–Crippen MR) is 86.8 cm³/mol. The lowest BCUT2D eigenvalue weighted by Crippen LogP contribution is -2.36. The van der Waals surface area contributed by atoms with Gasteiger partial charge in [0, 0.05) is 13.0 Å². The van der Waals surface area contributed by atoms with Gasteiger partial charge >= 0.3 is 5.97 Å².